The molecule has 0 amide bonds. The number of hydrogen-bond donors (Lipinski definition) is 0. The molecular formula is C19H22N2O3. The van der Waals surface area contributed by atoms with E-state index in [4.69, 9.17) is 4.74 Å². The molecule has 0 saturated heterocycles. The molecule has 5 heteroatoms. The Labute approximate surface area is 142 Å². The fraction of sp³-hybridized carbons (Fsp3) is 0.368. The number of hydrogen-bond acceptors (Lipinski definition) is 4. The minimum Gasteiger partial charge on any atom is -0.490 e. The van der Waals surface area contributed by atoms with Crippen LogP contribution in [0.5, 0.6) is 5.75 Å². The predicted molar refractivity (Wildman–Crippen MR) is 93.9 cm³/mol. The highest BCUT2D eigenvalue weighted by molar-refractivity contribution is 5.55. The lowest BCUT2D eigenvalue weighted by atomic mass is 9.85. The van der Waals surface area contributed by atoms with Gasteiger partial charge in [-0.15, -0.1) is 0 Å². The summed E-state index contributed by atoms with van der Waals surface area (Å²) in [6.07, 6.45) is 0.805. The van der Waals surface area contributed by atoms with Gasteiger partial charge in [0, 0.05) is 25.1 Å². The third kappa shape index (κ3) is 2.99. The molecule has 1 aliphatic heterocycles. The molecule has 0 bridgehead atoms. The highest BCUT2D eigenvalue weighted by Crippen LogP contribution is 2.39. The molecule has 2 aromatic rings. The van der Waals surface area contributed by atoms with Gasteiger partial charge in [-0.1, -0.05) is 24.3 Å². The van der Waals surface area contributed by atoms with Crippen LogP contribution >= 0.6 is 0 Å². The quantitative estimate of drug-likeness (QED) is 0.639. The van der Waals surface area contributed by atoms with E-state index in [-0.39, 0.29) is 16.5 Å². The molecule has 0 fully saturated rings. The number of methoxy groups -OCH3 is 1. The first kappa shape index (κ1) is 16.5. The van der Waals surface area contributed by atoms with Crippen LogP contribution in [0.1, 0.15) is 28.2 Å². The van der Waals surface area contributed by atoms with Gasteiger partial charge < -0.3 is 9.64 Å². The van der Waals surface area contributed by atoms with Gasteiger partial charge >= 0.3 is 5.69 Å². The van der Waals surface area contributed by atoms with Gasteiger partial charge in [-0.25, -0.2) is 0 Å². The molecule has 1 aliphatic rings. The lowest BCUT2D eigenvalue weighted by Gasteiger charge is -2.23. The molecule has 0 aromatic heterocycles. The van der Waals surface area contributed by atoms with Crippen molar-refractivity contribution in [2.75, 3.05) is 27.2 Å². The van der Waals surface area contributed by atoms with Crippen LogP contribution < -0.4 is 4.74 Å². The molecule has 0 saturated carbocycles. The summed E-state index contributed by atoms with van der Waals surface area (Å²) in [4.78, 5) is 13.3. The number of nitro groups is 1. The molecular weight excluding hydrogens is 304 g/mol. The monoisotopic (exact) mass is 326 g/mol. The Morgan fingerprint density at radius 2 is 2.00 bits per heavy atom. The Bertz CT molecular complexity index is 773. The summed E-state index contributed by atoms with van der Waals surface area (Å²) < 4.78 is 5.30. The second kappa shape index (κ2) is 6.61. The zero-order valence-electron chi connectivity index (χ0n) is 14.3. The molecule has 1 unspecified atom stereocenters. The van der Waals surface area contributed by atoms with Crippen LogP contribution in [0.15, 0.2) is 36.4 Å². The summed E-state index contributed by atoms with van der Waals surface area (Å²) in [5, 5.41) is 11.3. The molecule has 3 rings (SSSR count). The van der Waals surface area contributed by atoms with Crippen LogP contribution in [0.3, 0.4) is 0 Å². The van der Waals surface area contributed by atoms with Crippen molar-refractivity contribution in [2.45, 2.75) is 19.3 Å². The molecule has 126 valence electrons. The Kier molecular flexibility index (Phi) is 4.53. The second-order valence-electron chi connectivity index (χ2n) is 6.40. The van der Waals surface area contributed by atoms with Crippen LogP contribution in [0, 0.1) is 17.0 Å². The van der Waals surface area contributed by atoms with Crippen LogP contribution in [0.2, 0.25) is 0 Å². The standard InChI is InChI=1S/C19H22N2O3/c1-13-6-4-5-7-15(13)17-12-20(2)9-8-14-10-18(21(22)23)19(24-3)11-16(14)17/h4-7,10-11,17H,8-9,12H2,1-3H3. The summed E-state index contributed by atoms with van der Waals surface area (Å²) in [5.41, 5.74) is 4.73. The van der Waals surface area contributed by atoms with Gasteiger partial charge in [-0.2, -0.15) is 0 Å². The first-order chi connectivity index (χ1) is 11.5. The van der Waals surface area contributed by atoms with Gasteiger partial charge in [0.2, 0.25) is 0 Å². The Morgan fingerprint density at radius 1 is 1.25 bits per heavy atom. The number of likely N-dealkylation sites (N-methyl/N-ethyl adjacent to an activating group) is 1. The van der Waals surface area contributed by atoms with Gasteiger partial charge in [0.05, 0.1) is 12.0 Å². The number of aryl methyl sites for hydroxylation is 1. The van der Waals surface area contributed by atoms with Gasteiger partial charge in [-0.05, 0) is 48.7 Å². The maximum atomic E-state index is 11.3. The summed E-state index contributed by atoms with van der Waals surface area (Å²) >= 11 is 0. The van der Waals surface area contributed by atoms with Crippen molar-refractivity contribution in [1.29, 1.82) is 0 Å². The van der Waals surface area contributed by atoms with Gasteiger partial charge in [0.25, 0.3) is 0 Å². The number of fused-ring (bicyclic) bond motifs is 1. The number of ether oxygens (including phenoxy) is 1. The SMILES string of the molecule is COc1cc2c(cc1[N+](=O)[O-])CCN(C)CC2c1ccccc1C. The number of nitrogens with zero attached hydrogens (tertiary/aromatic N) is 2. The third-order valence-electron chi connectivity index (χ3n) is 4.83. The molecule has 1 atom stereocenters. The lowest BCUT2D eigenvalue weighted by Crippen LogP contribution is -2.24. The summed E-state index contributed by atoms with van der Waals surface area (Å²) in [6.45, 7) is 3.89. The minimum absolute atomic E-state index is 0.0457. The summed E-state index contributed by atoms with van der Waals surface area (Å²) in [7, 11) is 3.59. The second-order valence-corrected chi connectivity index (χ2v) is 6.40. The fourth-order valence-corrected chi connectivity index (χ4v) is 3.53. The predicted octanol–water partition coefficient (Wildman–Crippen LogP) is 3.53. The van der Waals surface area contributed by atoms with E-state index in [9.17, 15) is 10.1 Å². The Morgan fingerprint density at radius 3 is 2.67 bits per heavy atom. The van der Waals surface area contributed by atoms with E-state index >= 15 is 0 Å². The average molecular weight is 326 g/mol. The molecule has 2 aromatic carbocycles. The maximum absolute atomic E-state index is 11.3. The molecule has 0 aliphatic carbocycles. The van der Waals surface area contributed by atoms with Crippen molar-refractivity contribution >= 4 is 5.69 Å². The van der Waals surface area contributed by atoms with Crippen molar-refractivity contribution in [1.82, 2.24) is 4.90 Å². The smallest absolute Gasteiger partial charge is 0.311 e. The van der Waals surface area contributed by atoms with Crippen molar-refractivity contribution in [3.63, 3.8) is 0 Å². The van der Waals surface area contributed by atoms with Crippen molar-refractivity contribution < 1.29 is 9.66 Å². The zero-order chi connectivity index (χ0) is 17.3. The van der Waals surface area contributed by atoms with Crippen LogP contribution in [0.4, 0.5) is 5.69 Å². The highest BCUT2D eigenvalue weighted by Gasteiger charge is 2.28. The first-order valence-electron chi connectivity index (χ1n) is 8.10. The van der Waals surface area contributed by atoms with E-state index in [0.29, 0.717) is 5.75 Å². The normalized spacial score (nSPS) is 17.9. The van der Waals surface area contributed by atoms with E-state index in [0.717, 1.165) is 30.6 Å². The number of benzene rings is 2. The minimum atomic E-state index is -0.365. The average Bonchev–Trinajstić information content (AvgIpc) is 2.73. The summed E-state index contributed by atoms with van der Waals surface area (Å²) in [5.74, 6) is 0.519. The van der Waals surface area contributed by atoms with Crippen LogP contribution in [0.25, 0.3) is 0 Å². The molecule has 0 radical (unpaired) electrons. The molecule has 5 nitrogen and oxygen atoms in total. The van der Waals surface area contributed by atoms with E-state index in [2.05, 4.69) is 37.1 Å². The molecule has 0 N–H and O–H groups in total. The highest BCUT2D eigenvalue weighted by atomic mass is 16.6. The van der Waals surface area contributed by atoms with Crippen LogP contribution in [-0.4, -0.2) is 37.1 Å². The van der Waals surface area contributed by atoms with E-state index < -0.39 is 0 Å². The van der Waals surface area contributed by atoms with Crippen molar-refractivity contribution in [3.05, 3.63) is 68.8 Å². The van der Waals surface area contributed by atoms with Crippen LogP contribution in [-0.2, 0) is 6.42 Å². The van der Waals surface area contributed by atoms with Gasteiger partial charge in [0.1, 0.15) is 0 Å². The van der Waals surface area contributed by atoms with Gasteiger partial charge in [0.15, 0.2) is 5.75 Å². The third-order valence-corrected chi connectivity index (χ3v) is 4.83. The first-order valence-corrected chi connectivity index (χ1v) is 8.10. The number of nitro benzene ring substituents is 1. The van der Waals surface area contributed by atoms with Gasteiger partial charge in [-0.3, -0.25) is 10.1 Å². The fourth-order valence-electron chi connectivity index (χ4n) is 3.53. The van der Waals surface area contributed by atoms with E-state index in [1.165, 1.54) is 18.2 Å². The topological polar surface area (TPSA) is 55.6 Å². The van der Waals surface area contributed by atoms with Crippen molar-refractivity contribution in [3.8, 4) is 5.75 Å². The maximum Gasteiger partial charge on any atom is 0.311 e. The zero-order valence-corrected chi connectivity index (χ0v) is 14.3. The van der Waals surface area contributed by atoms with E-state index in [1.807, 2.05) is 12.1 Å². The lowest BCUT2D eigenvalue weighted by molar-refractivity contribution is -0.385. The Hall–Kier alpha value is -2.40. The molecule has 0 spiro atoms. The van der Waals surface area contributed by atoms with E-state index in [1.54, 1.807) is 6.07 Å². The number of rotatable bonds is 3. The van der Waals surface area contributed by atoms with Crippen molar-refractivity contribution in [2.24, 2.45) is 0 Å². The molecule has 24 heavy (non-hydrogen) atoms. The largest absolute Gasteiger partial charge is 0.490 e. The summed E-state index contributed by atoms with van der Waals surface area (Å²) in [6, 6.07) is 11.9. The molecule has 1 heterocycles. The Balaban J connectivity index is 2.19.